The van der Waals surface area contributed by atoms with Crippen LogP contribution in [0.5, 0.6) is 0 Å². The number of aromatic amines is 1. The van der Waals surface area contributed by atoms with Gasteiger partial charge in [-0.05, 0) is 13.3 Å². The molecule has 1 rings (SSSR count). The molecule has 0 aliphatic heterocycles. The van der Waals surface area contributed by atoms with Crippen LogP contribution in [0.2, 0.25) is 0 Å². The second-order valence-corrected chi connectivity index (χ2v) is 6.24. The van der Waals surface area contributed by atoms with Crippen LogP contribution < -0.4 is 9.60 Å². The molecule has 0 amide bonds. The Morgan fingerprint density at radius 2 is 2.18 bits per heavy atom. The van der Waals surface area contributed by atoms with Gasteiger partial charge in [-0.3, -0.25) is 9.59 Å². The van der Waals surface area contributed by atoms with Crippen molar-refractivity contribution in [2.24, 2.45) is 0 Å². The van der Waals surface area contributed by atoms with Crippen molar-refractivity contribution in [1.29, 1.82) is 0 Å². The number of nitrogens with one attached hydrogen (secondary N) is 2. The quantitative estimate of drug-likeness (QED) is 0.695. The van der Waals surface area contributed by atoms with E-state index in [9.17, 15) is 18.0 Å². The SMILES string of the molecule is CC[C@@H](NS(=O)(=O)c1sc(=O)[nH]c1C)C(=O)O. The van der Waals surface area contributed by atoms with E-state index in [-0.39, 0.29) is 16.3 Å². The van der Waals surface area contributed by atoms with Crippen molar-refractivity contribution < 1.29 is 18.3 Å². The fourth-order valence-electron chi connectivity index (χ4n) is 1.20. The zero-order valence-electron chi connectivity index (χ0n) is 9.18. The third-order valence-electron chi connectivity index (χ3n) is 2.03. The van der Waals surface area contributed by atoms with Gasteiger partial charge in [0.25, 0.3) is 10.0 Å². The van der Waals surface area contributed by atoms with Crippen molar-refractivity contribution in [2.75, 3.05) is 0 Å². The lowest BCUT2D eigenvalue weighted by molar-refractivity contribution is -0.139. The molecule has 1 atom stereocenters. The first kappa shape index (κ1) is 13.9. The highest BCUT2D eigenvalue weighted by molar-refractivity contribution is 7.91. The zero-order chi connectivity index (χ0) is 13.2. The van der Waals surface area contributed by atoms with Gasteiger partial charge in [0.15, 0.2) is 4.21 Å². The van der Waals surface area contributed by atoms with E-state index in [1.54, 1.807) is 6.92 Å². The lowest BCUT2D eigenvalue weighted by Crippen LogP contribution is -2.40. The Labute approximate surface area is 102 Å². The summed E-state index contributed by atoms with van der Waals surface area (Å²) in [5.41, 5.74) is 0.202. The fraction of sp³-hybridized carbons (Fsp3) is 0.500. The first-order valence-corrected chi connectivity index (χ1v) is 7.02. The Morgan fingerprint density at radius 3 is 2.53 bits per heavy atom. The van der Waals surface area contributed by atoms with E-state index >= 15 is 0 Å². The Morgan fingerprint density at radius 1 is 1.59 bits per heavy atom. The first-order chi connectivity index (χ1) is 7.77. The van der Waals surface area contributed by atoms with Crippen molar-refractivity contribution >= 4 is 27.3 Å². The number of thiazole rings is 1. The number of carboxylic acids is 1. The van der Waals surface area contributed by atoms with Crippen LogP contribution in [-0.2, 0) is 14.8 Å². The van der Waals surface area contributed by atoms with Crippen LogP contribution in [0.1, 0.15) is 19.0 Å². The number of carboxylic acid groups (broad SMARTS) is 1. The predicted molar refractivity (Wildman–Crippen MR) is 61.7 cm³/mol. The Kier molecular flexibility index (Phi) is 4.07. The fourth-order valence-corrected chi connectivity index (χ4v) is 3.79. The molecule has 0 fully saturated rings. The van der Waals surface area contributed by atoms with Crippen LogP contribution in [0, 0.1) is 6.92 Å². The van der Waals surface area contributed by atoms with Gasteiger partial charge in [0.2, 0.25) is 0 Å². The van der Waals surface area contributed by atoms with E-state index in [0.29, 0.717) is 11.3 Å². The van der Waals surface area contributed by atoms with E-state index in [0.717, 1.165) is 0 Å². The molecule has 1 aromatic heterocycles. The molecule has 1 heterocycles. The lowest BCUT2D eigenvalue weighted by atomic mass is 10.2. The Bertz CT molecular complexity index is 571. The van der Waals surface area contributed by atoms with Crippen molar-refractivity contribution in [3.63, 3.8) is 0 Å². The van der Waals surface area contributed by atoms with E-state index in [1.807, 2.05) is 4.72 Å². The highest BCUT2D eigenvalue weighted by Gasteiger charge is 2.26. The third kappa shape index (κ3) is 3.14. The summed E-state index contributed by atoms with van der Waals surface area (Å²) in [5, 5.41) is 8.76. The van der Waals surface area contributed by atoms with Gasteiger partial charge in [-0.15, -0.1) is 0 Å². The maximum Gasteiger partial charge on any atom is 0.321 e. The number of aromatic nitrogens is 1. The molecule has 0 aliphatic carbocycles. The molecule has 0 saturated heterocycles. The van der Waals surface area contributed by atoms with Gasteiger partial charge < -0.3 is 10.1 Å². The van der Waals surface area contributed by atoms with E-state index < -0.39 is 26.9 Å². The molecule has 1 aromatic rings. The van der Waals surface area contributed by atoms with Crippen molar-refractivity contribution in [3.8, 4) is 0 Å². The minimum Gasteiger partial charge on any atom is -0.480 e. The number of sulfonamides is 1. The van der Waals surface area contributed by atoms with E-state index in [2.05, 4.69) is 4.98 Å². The largest absolute Gasteiger partial charge is 0.480 e. The molecule has 0 bridgehead atoms. The molecule has 3 N–H and O–H groups in total. The molecule has 0 saturated carbocycles. The molecule has 17 heavy (non-hydrogen) atoms. The lowest BCUT2D eigenvalue weighted by Gasteiger charge is -2.11. The number of aryl methyl sites for hydroxylation is 1. The molecule has 0 aromatic carbocycles. The van der Waals surface area contributed by atoms with Crippen LogP contribution in [0.4, 0.5) is 0 Å². The monoisotopic (exact) mass is 280 g/mol. The van der Waals surface area contributed by atoms with Crippen molar-refractivity contribution in [1.82, 2.24) is 9.71 Å². The van der Waals surface area contributed by atoms with Crippen LogP contribution >= 0.6 is 11.3 Å². The third-order valence-corrected chi connectivity index (χ3v) is 5.11. The molecular formula is C8H12N2O5S2. The average molecular weight is 280 g/mol. The first-order valence-electron chi connectivity index (χ1n) is 4.72. The summed E-state index contributed by atoms with van der Waals surface area (Å²) in [6, 6.07) is -1.20. The standard InChI is InChI=1S/C8H12N2O5S2/c1-3-5(6(11)12)10-17(14,15)7-4(2)9-8(13)16-7/h5,10H,3H2,1-2H3,(H,9,13)(H,11,12)/t5-/m1/s1. The van der Waals surface area contributed by atoms with Crippen LogP contribution in [0.25, 0.3) is 0 Å². The normalized spacial score (nSPS) is 13.5. The van der Waals surface area contributed by atoms with Gasteiger partial charge in [-0.2, -0.15) is 4.72 Å². The van der Waals surface area contributed by atoms with E-state index in [1.165, 1.54) is 6.92 Å². The summed E-state index contributed by atoms with van der Waals surface area (Å²) < 4.78 is 25.5. The van der Waals surface area contributed by atoms with Gasteiger partial charge in [0.05, 0.1) is 0 Å². The summed E-state index contributed by atoms with van der Waals surface area (Å²) in [4.78, 5) is 23.6. The second-order valence-electron chi connectivity index (χ2n) is 3.35. The predicted octanol–water partition coefficient (Wildman–Crippen LogP) is -0.114. The number of carbonyl (C=O) groups is 1. The minimum atomic E-state index is -3.97. The number of rotatable bonds is 5. The summed E-state index contributed by atoms with van der Waals surface area (Å²) in [5.74, 6) is -1.25. The maximum absolute atomic E-state index is 11.8. The Balaban J connectivity index is 3.08. The number of aliphatic carboxylic acids is 1. The van der Waals surface area contributed by atoms with Crippen LogP contribution in [0.3, 0.4) is 0 Å². The molecule has 9 heteroatoms. The summed E-state index contributed by atoms with van der Waals surface area (Å²) in [6.45, 7) is 2.99. The van der Waals surface area contributed by atoms with Crippen molar-refractivity contribution in [3.05, 3.63) is 15.4 Å². The van der Waals surface area contributed by atoms with Gasteiger partial charge in [0.1, 0.15) is 6.04 Å². The van der Waals surface area contributed by atoms with Gasteiger partial charge in [-0.25, -0.2) is 8.42 Å². The summed E-state index contributed by atoms with van der Waals surface area (Å²) in [7, 11) is -3.97. The molecule has 0 aliphatic rings. The molecular weight excluding hydrogens is 268 g/mol. The maximum atomic E-state index is 11.8. The topological polar surface area (TPSA) is 116 Å². The minimum absolute atomic E-state index is 0.118. The Hall–Kier alpha value is -1.19. The van der Waals surface area contributed by atoms with Crippen LogP contribution in [0.15, 0.2) is 9.00 Å². The molecule has 0 radical (unpaired) electrons. The average Bonchev–Trinajstić information content (AvgIpc) is 2.54. The van der Waals surface area contributed by atoms with Gasteiger partial charge >= 0.3 is 10.8 Å². The summed E-state index contributed by atoms with van der Waals surface area (Å²) >= 11 is 0.531. The zero-order valence-corrected chi connectivity index (χ0v) is 10.8. The summed E-state index contributed by atoms with van der Waals surface area (Å²) in [6.07, 6.45) is 0.118. The van der Waals surface area contributed by atoms with Crippen LogP contribution in [-0.4, -0.2) is 30.5 Å². The molecule has 96 valence electrons. The highest BCUT2D eigenvalue weighted by atomic mass is 32.2. The van der Waals surface area contributed by atoms with E-state index in [4.69, 9.17) is 5.11 Å². The molecule has 0 spiro atoms. The smallest absolute Gasteiger partial charge is 0.321 e. The number of hydrogen-bond donors (Lipinski definition) is 3. The molecule has 7 nitrogen and oxygen atoms in total. The van der Waals surface area contributed by atoms with Gasteiger partial charge in [0, 0.05) is 5.69 Å². The molecule has 0 unspecified atom stereocenters. The number of hydrogen-bond acceptors (Lipinski definition) is 5. The van der Waals surface area contributed by atoms with Gasteiger partial charge in [-0.1, -0.05) is 18.3 Å². The number of H-pyrrole nitrogens is 1. The second kappa shape index (κ2) is 4.98. The highest BCUT2D eigenvalue weighted by Crippen LogP contribution is 2.16. The van der Waals surface area contributed by atoms with Crippen molar-refractivity contribution in [2.45, 2.75) is 30.5 Å².